The Kier molecular flexibility index (Phi) is 4.71. The molecule has 0 aliphatic heterocycles. The molecule has 0 saturated carbocycles. The van der Waals surface area contributed by atoms with Crippen molar-refractivity contribution in [3.63, 3.8) is 0 Å². The third kappa shape index (κ3) is 3.91. The summed E-state index contributed by atoms with van der Waals surface area (Å²) in [5.41, 5.74) is 1.17. The third-order valence-electron chi connectivity index (χ3n) is 2.96. The summed E-state index contributed by atoms with van der Waals surface area (Å²) in [5.74, 6) is 1.02. The number of imidazole rings is 1. The molecule has 0 fully saturated rings. The lowest BCUT2D eigenvalue weighted by atomic mass is 10.2. The Morgan fingerprint density at radius 2 is 2.00 bits per heavy atom. The van der Waals surface area contributed by atoms with Crippen LogP contribution >= 0.6 is 0 Å². The lowest BCUT2D eigenvalue weighted by Crippen LogP contribution is -2.21. The molecule has 19 heavy (non-hydrogen) atoms. The van der Waals surface area contributed by atoms with E-state index in [1.54, 1.807) is 0 Å². The van der Waals surface area contributed by atoms with Gasteiger partial charge in [-0.05, 0) is 19.4 Å². The van der Waals surface area contributed by atoms with E-state index in [9.17, 15) is 0 Å². The molecule has 0 aliphatic carbocycles. The van der Waals surface area contributed by atoms with E-state index in [4.69, 9.17) is 4.84 Å². The summed E-state index contributed by atoms with van der Waals surface area (Å²) in [4.78, 5) is 10.1. The maximum atomic E-state index is 5.72. The molecular formula is C15H21N3O. The Balaban J connectivity index is 1.87. The first kappa shape index (κ1) is 13.8. The number of nitrogens with zero attached hydrogens (tertiary/aromatic N) is 3. The van der Waals surface area contributed by atoms with E-state index >= 15 is 0 Å². The van der Waals surface area contributed by atoms with Gasteiger partial charge in [0.15, 0.2) is 0 Å². The van der Waals surface area contributed by atoms with Crippen LogP contribution in [-0.2, 0) is 18.0 Å². The zero-order valence-electron chi connectivity index (χ0n) is 11.8. The highest BCUT2D eigenvalue weighted by molar-refractivity contribution is 5.13. The van der Waals surface area contributed by atoms with Crippen LogP contribution in [-0.4, -0.2) is 21.7 Å². The molecule has 1 aromatic heterocycles. The van der Waals surface area contributed by atoms with E-state index in [-0.39, 0.29) is 0 Å². The molecule has 0 aliphatic rings. The van der Waals surface area contributed by atoms with Gasteiger partial charge in [-0.1, -0.05) is 30.3 Å². The molecule has 102 valence electrons. The zero-order chi connectivity index (χ0) is 13.7. The van der Waals surface area contributed by atoms with E-state index < -0.39 is 0 Å². The van der Waals surface area contributed by atoms with Gasteiger partial charge < -0.3 is 4.57 Å². The van der Waals surface area contributed by atoms with E-state index in [1.807, 2.05) is 42.7 Å². The maximum absolute atomic E-state index is 5.72. The molecule has 0 spiro atoms. The van der Waals surface area contributed by atoms with Crippen LogP contribution in [0.5, 0.6) is 0 Å². The van der Waals surface area contributed by atoms with Crippen LogP contribution in [0.2, 0.25) is 0 Å². The SMILES string of the molecule is CC(C)n1ccnc1CN(C)OCc1ccccc1. The molecule has 0 radical (unpaired) electrons. The van der Waals surface area contributed by atoms with Crippen molar-refractivity contribution in [2.24, 2.45) is 0 Å². The predicted octanol–water partition coefficient (Wildman–Crippen LogP) is 3.03. The lowest BCUT2D eigenvalue weighted by molar-refractivity contribution is -0.159. The van der Waals surface area contributed by atoms with Crippen LogP contribution in [0.1, 0.15) is 31.3 Å². The minimum Gasteiger partial charge on any atom is -0.331 e. The smallest absolute Gasteiger partial charge is 0.125 e. The molecule has 2 aromatic rings. The first-order chi connectivity index (χ1) is 9.16. The summed E-state index contributed by atoms with van der Waals surface area (Å²) >= 11 is 0. The molecule has 0 N–H and O–H groups in total. The molecule has 4 nitrogen and oxygen atoms in total. The summed E-state index contributed by atoms with van der Waals surface area (Å²) in [7, 11) is 1.93. The molecule has 0 atom stereocenters. The summed E-state index contributed by atoms with van der Waals surface area (Å²) in [5, 5.41) is 1.83. The van der Waals surface area contributed by atoms with Crippen LogP contribution in [0, 0.1) is 0 Å². The minimum absolute atomic E-state index is 0.417. The molecular weight excluding hydrogens is 238 g/mol. The number of rotatable bonds is 6. The molecule has 0 bridgehead atoms. The fourth-order valence-corrected chi connectivity index (χ4v) is 1.94. The Bertz CT molecular complexity index is 493. The second-order valence-electron chi connectivity index (χ2n) is 4.89. The van der Waals surface area contributed by atoms with Crippen LogP contribution in [0.25, 0.3) is 0 Å². The Morgan fingerprint density at radius 1 is 1.26 bits per heavy atom. The summed E-state index contributed by atoms with van der Waals surface area (Å²) in [6, 6.07) is 10.6. The quantitative estimate of drug-likeness (QED) is 0.747. The van der Waals surface area contributed by atoms with Crippen LogP contribution in [0.3, 0.4) is 0 Å². The average molecular weight is 259 g/mol. The van der Waals surface area contributed by atoms with Gasteiger partial charge in [0.05, 0.1) is 13.2 Å². The number of hydrogen-bond acceptors (Lipinski definition) is 3. The monoisotopic (exact) mass is 259 g/mol. The highest BCUT2D eigenvalue weighted by Gasteiger charge is 2.09. The lowest BCUT2D eigenvalue weighted by Gasteiger charge is -2.18. The van der Waals surface area contributed by atoms with Gasteiger partial charge in [-0.15, -0.1) is 0 Å². The van der Waals surface area contributed by atoms with Gasteiger partial charge in [-0.3, -0.25) is 4.84 Å². The van der Waals surface area contributed by atoms with Crippen LogP contribution < -0.4 is 0 Å². The van der Waals surface area contributed by atoms with Crippen molar-refractivity contribution in [3.05, 3.63) is 54.1 Å². The number of benzene rings is 1. The van der Waals surface area contributed by atoms with Crippen molar-refractivity contribution in [2.45, 2.75) is 33.0 Å². The van der Waals surface area contributed by atoms with E-state index in [2.05, 4.69) is 35.5 Å². The normalized spacial score (nSPS) is 11.4. The molecule has 0 amide bonds. The van der Waals surface area contributed by atoms with Crippen molar-refractivity contribution >= 4 is 0 Å². The zero-order valence-corrected chi connectivity index (χ0v) is 11.8. The van der Waals surface area contributed by atoms with E-state index in [0.717, 1.165) is 5.82 Å². The minimum atomic E-state index is 0.417. The highest BCUT2D eigenvalue weighted by atomic mass is 16.7. The summed E-state index contributed by atoms with van der Waals surface area (Å²) < 4.78 is 2.16. The number of hydrogen-bond donors (Lipinski definition) is 0. The number of aromatic nitrogens is 2. The Labute approximate surface area is 114 Å². The fourth-order valence-electron chi connectivity index (χ4n) is 1.94. The van der Waals surface area contributed by atoms with Gasteiger partial charge in [0.2, 0.25) is 0 Å². The van der Waals surface area contributed by atoms with E-state index in [1.165, 1.54) is 5.56 Å². The molecule has 0 saturated heterocycles. The van der Waals surface area contributed by atoms with E-state index in [0.29, 0.717) is 19.2 Å². The van der Waals surface area contributed by atoms with Crippen molar-refractivity contribution in [1.29, 1.82) is 0 Å². The Hall–Kier alpha value is -1.65. The highest BCUT2D eigenvalue weighted by Crippen LogP contribution is 2.10. The van der Waals surface area contributed by atoms with Crippen LogP contribution in [0.15, 0.2) is 42.7 Å². The second kappa shape index (κ2) is 6.50. The van der Waals surface area contributed by atoms with Gasteiger partial charge in [0.25, 0.3) is 0 Å². The van der Waals surface area contributed by atoms with Crippen LogP contribution in [0.4, 0.5) is 0 Å². The Morgan fingerprint density at radius 3 is 2.68 bits per heavy atom. The average Bonchev–Trinajstić information content (AvgIpc) is 2.86. The molecule has 1 aromatic carbocycles. The summed E-state index contributed by atoms with van der Waals surface area (Å²) in [6.07, 6.45) is 3.84. The van der Waals surface area contributed by atoms with Crippen molar-refractivity contribution in [1.82, 2.24) is 14.6 Å². The third-order valence-corrected chi connectivity index (χ3v) is 2.96. The maximum Gasteiger partial charge on any atom is 0.125 e. The number of hydroxylamine groups is 2. The van der Waals surface area contributed by atoms with Gasteiger partial charge in [-0.25, -0.2) is 4.98 Å². The van der Waals surface area contributed by atoms with Gasteiger partial charge in [0, 0.05) is 25.5 Å². The predicted molar refractivity (Wildman–Crippen MR) is 75.3 cm³/mol. The topological polar surface area (TPSA) is 30.3 Å². The molecule has 4 heteroatoms. The first-order valence-corrected chi connectivity index (χ1v) is 6.56. The second-order valence-corrected chi connectivity index (χ2v) is 4.89. The molecule has 2 rings (SSSR count). The fraction of sp³-hybridized carbons (Fsp3) is 0.400. The van der Waals surface area contributed by atoms with Gasteiger partial charge in [0.1, 0.15) is 5.82 Å². The largest absolute Gasteiger partial charge is 0.331 e. The van der Waals surface area contributed by atoms with Gasteiger partial charge in [-0.2, -0.15) is 5.06 Å². The molecule has 1 heterocycles. The van der Waals surface area contributed by atoms with Crippen molar-refractivity contribution in [3.8, 4) is 0 Å². The summed E-state index contributed by atoms with van der Waals surface area (Å²) in [6.45, 7) is 5.56. The first-order valence-electron chi connectivity index (χ1n) is 6.56. The van der Waals surface area contributed by atoms with Crippen molar-refractivity contribution in [2.75, 3.05) is 7.05 Å². The molecule has 0 unspecified atom stereocenters. The van der Waals surface area contributed by atoms with Gasteiger partial charge >= 0.3 is 0 Å². The van der Waals surface area contributed by atoms with Crippen molar-refractivity contribution < 1.29 is 4.84 Å². The standard InChI is InChI=1S/C15H21N3O/c1-13(2)18-10-9-16-15(18)11-17(3)19-12-14-7-5-4-6-8-14/h4-10,13H,11-12H2,1-3H3.